The van der Waals surface area contributed by atoms with Gasteiger partial charge in [0.05, 0.1) is 23.1 Å². The maximum absolute atomic E-state index is 11.6. The van der Waals surface area contributed by atoms with Crippen LogP contribution in [-0.2, 0) is 4.79 Å². The lowest BCUT2D eigenvalue weighted by Gasteiger charge is -2.07. The topological polar surface area (TPSA) is 81.6 Å². The summed E-state index contributed by atoms with van der Waals surface area (Å²) in [6, 6.07) is 1.96. The Hall–Kier alpha value is -1.83. The molecular formula is C10H14N4O. The van der Waals surface area contributed by atoms with E-state index in [1.807, 2.05) is 19.9 Å². The highest BCUT2D eigenvalue weighted by atomic mass is 16.1. The van der Waals surface area contributed by atoms with Gasteiger partial charge in [-0.1, -0.05) is 6.92 Å². The Morgan fingerprint density at radius 2 is 2.33 bits per heavy atom. The van der Waals surface area contributed by atoms with Crippen LogP contribution in [0.3, 0.4) is 0 Å². The molecule has 1 heterocycles. The van der Waals surface area contributed by atoms with Gasteiger partial charge >= 0.3 is 0 Å². The molecule has 2 N–H and O–H groups in total. The largest absolute Gasteiger partial charge is 0.322 e. The van der Waals surface area contributed by atoms with Gasteiger partial charge in [-0.2, -0.15) is 10.4 Å². The molecule has 5 heteroatoms. The minimum Gasteiger partial charge on any atom is -0.322 e. The second kappa shape index (κ2) is 4.60. The number of anilines is 1. The zero-order valence-corrected chi connectivity index (χ0v) is 9.09. The molecule has 0 aliphatic rings. The second-order valence-corrected chi connectivity index (χ2v) is 3.39. The van der Waals surface area contributed by atoms with Crippen LogP contribution in [0.5, 0.6) is 0 Å². The second-order valence-electron chi connectivity index (χ2n) is 3.39. The van der Waals surface area contributed by atoms with Gasteiger partial charge in [-0.3, -0.25) is 9.89 Å². The van der Waals surface area contributed by atoms with Gasteiger partial charge in [0.1, 0.15) is 5.92 Å². The first-order valence-corrected chi connectivity index (χ1v) is 4.82. The fourth-order valence-electron chi connectivity index (χ4n) is 1.28. The Morgan fingerprint density at radius 3 is 2.73 bits per heavy atom. The van der Waals surface area contributed by atoms with Crippen LogP contribution in [0.2, 0.25) is 0 Å². The van der Waals surface area contributed by atoms with Crippen molar-refractivity contribution >= 4 is 11.6 Å². The van der Waals surface area contributed by atoms with Crippen molar-refractivity contribution in [2.24, 2.45) is 5.92 Å². The number of carbonyl (C=O) groups is 1. The Balaban J connectivity index is 2.79. The highest BCUT2D eigenvalue weighted by molar-refractivity contribution is 5.95. The summed E-state index contributed by atoms with van der Waals surface area (Å²) in [6.07, 6.45) is 0.512. The normalized spacial score (nSPS) is 11.9. The number of aromatic nitrogens is 2. The highest BCUT2D eigenvalue weighted by Gasteiger charge is 2.18. The monoisotopic (exact) mass is 206 g/mol. The number of carbonyl (C=O) groups excluding carboxylic acids is 1. The summed E-state index contributed by atoms with van der Waals surface area (Å²) in [6.45, 7) is 5.43. The maximum Gasteiger partial charge on any atom is 0.241 e. The number of rotatable bonds is 3. The predicted molar refractivity (Wildman–Crippen MR) is 56.1 cm³/mol. The van der Waals surface area contributed by atoms with Gasteiger partial charge in [0.15, 0.2) is 0 Å². The van der Waals surface area contributed by atoms with Crippen molar-refractivity contribution in [3.8, 4) is 6.07 Å². The van der Waals surface area contributed by atoms with Gasteiger partial charge in [-0.05, 0) is 20.3 Å². The molecule has 80 valence electrons. The van der Waals surface area contributed by atoms with E-state index in [9.17, 15) is 4.79 Å². The van der Waals surface area contributed by atoms with Crippen LogP contribution in [0.4, 0.5) is 5.69 Å². The molecule has 1 aromatic rings. The minimum atomic E-state index is -0.598. The summed E-state index contributed by atoms with van der Waals surface area (Å²) >= 11 is 0. The zero-order chi connectivity index (χ0) is 11.4. The lowest BCUT2D eigenvalue weighted by atomic mass is 10.1. The SMILES string of the molecule is CCC(C#N)C(=O)Nc1c(C)n[nH]c1C. The molecule has 0 aromatic carbocycles. The molecular weight excluding hydrogens is 192 g/mol. The molecule has 0 spiro atoms. The maximum atomic E-state index is 11.6. The quantitative estimate of drug-likeness (QED) is 0.786. The number of amides is 1. The number of nitrogens with zero attached hydrogens (tertiary/aromatic N) is 2. The molecule has 1 amide bonds. The van der Waals surface area contributed by atoms with E-state index < -0.39 is 5.92 Å². The summed E-state index contributed by atoms with van der Waals surface area (Å²) in [4.78, 5) is 11.6. The average molecular weight is 206 g/mol. The van der Waals surface area contributed by atoms with Crippen molar-refractivity contribution in [2.75, 3.05) is 5.32 Å². The van der Waals surface area contributed by atoms with Gasteiger partial charge < -0.3 is 5.32 Å². The number of aryl methyl sites for hydroxylation is 2. The van der Waals surface area contributed by atoms with Crippen molar-refractivity contribution < 1.29 is 4.79 Å². The first-order chi connectivity index (χ1) is 7.10. The molecule has 0 radical (unpaired) electrons. The summed E-state index contributed by atoms with van der Waals surface area (Å²) < 4.78 is 0. The van der Waals surface area contributed by atoms with Crippen LogP contribution in [0, 0.1) is 31.1 Å². The molecule has 5 nitrogen and oxygen atoms in total. The molecule has 0 aliphatic heterocycles. The average Bonchev–Trinajstić information content (AvgIpc) is 2.51. The van der Waals surface area contributed by atoms with Crippen molar-refractivity contribution in [3.05, 3.63) is 11.4 Å². The molecule has 0 bridgehead atoms. The molecule has 1 aromatic heterocycles. The number of nitrogens with one attached hydrogen (secondary N) is 2. The van der Waals surface area contributed by atoms with E-state index in [2.05, 4.69) is 15.5 Å². The van der Waals surface area contributed by atoms with E-state index in [0.29, 0.717) is 12.1 Å². The number of hydrogen-bond acceptors (Lipinski definition) is 3. The van der Waals surface area contributed by atoms with Crippen molar-refractivity contribution in [1.82, 2.24) is 10.2 Å². The lowest BCUT2D eigenvalue weighted by Crippen LogP contribution is -2.21. The molecule has 0 saturated carbocycles. The predicted octanol–water partition coefficient (Wildman–Crippen LogP) is 1.51. The number of nitriles is 1. The Bertz CT molecular complexity index is 383. The fraction of sp³-hybridized carbons (Fsp3) is 0.500. The van der Waals surface area contributed by atoms with Crippen LogP contribution in [0.15, 0.2) is 0 Å². The van der Waals surface area contributed by atoms with Crippen molar-refractivity contribution in [1.29, 1.82) is 5.26 Å². The first-order valence-electron chi connectivity index (χ1n) is 4.82. The lowest BCUT2D eigenvalue weighted by molar-refractivity contribution is -0.118. The Labute approximate surface area is 88.5 Å². The number of hydrogen-bond donors (Lipinski definition) is 2. The number of aromatic amines is 1. The summed E-state index contributed by atoms with van der Waals surface area (Å²) in [7, 11) is 0. The van der Waals surface area contributed by atoms with Crippen LogP contribution < -0.4 is 5.32 Å². The first kappa shape index (κ1) is 11.2. The van der Waals surface area contributed by atoms with E-state index in [-0.39, 0.29) is 5.91 Å². The van der Waals surface area contributed by atoms with E-state index in [1.54, 1.807) is 6.92 Å². The van der Waals surface area contributed by atoms with E-state index in [4.69, 9.17) is 5.26 Å². The molecule has 1 atom stereocenters. The van der Waals surface area contributed by atoms with Gasteiger partial charge in [-0.15, -0.1) is 0 Å². The summed E-state index contributed by atoms with van der Waals surface area (Å²) in [5, 5.41) is 18.2. The summed E-state index contributed by atoms with van der Waals surface area (Å²) in [5.74, 6) is -0.869. The van der Waals surface area contributed by atoms with E-state index >= 15 is 0 Å². The summed E-state index contributed by atoms with van der Waals surface area (Å²) in [5.41, 5.74) is 2.20. The third-order valence-electron chi connectivity index (χ3n) is 2.26. The standard InChI is InChI=1S/C10H14N4O/c1-4-8(5-11)10(15)12-9-6(2)13-14-7(9)3/h8H,4H2,1-3H3,(H,12,15)(H,13,14). The van der Waals surface area contributed by atoms with E-state index in [0.717, 1.165) is 11.4 Å². The molecule has 1 unspecified atom stereocenters. The van der Waals surface area contributed by atoms with Gasteiger partial charge in [0.25, 0.3) is 0 Å². The Kier molecular flexibility index (Phi) is 3.45. The van der Waals surface area contributed by atoms with E-state index in [1.165, 1.54) is 0 Å². The van der Waals surface area contributed by atoms with Gasteiger partial charge in [-0.25, -0.2) is 0 Å². The minimum absolute atomic E-state index is 0.271. The molecule has 0 saturated heterocycles. The smallest absolute Gasteiger partial charge is 0.241 e. The highest BCUT2D eigenvalue weighted by Crippen LogP contribution is 2.17. The third kappa shape index (κ3) is 2.34. The zero-order valence-electron chi connectivity index (χ0n) is 9.09. The van der Waals surface area contributed by atoms with Crippen LogP contribution in [0.25, 0.3) is 0 Å². The van der Waals surface area contributed by atoms with Crippen LogP contribution in [-0.4, -0.2) is 16.1 Å². The third-order valence-corrected chi connectivity index (χ3v) is 2.26. The van der Waals surface area contributed by atoms with Crippen LogP contribution in [0.1, 0.15) is 24.7 Å². The van der Waals surface area contributed by atoms with Crippen molar-refractivity contribution in [3.63, 3.8) is 0 Å². The van der Waals surface area contributed by atoms with Gasteiger partial charge in [0, 0.05) is 0 Å². The Morgan fingerprint density at radius 1 is 1.67 bits per heavy atom. The fourth-order valence-corrected chi connectivity index (χ4v) is 1.28. The molecule has 0 aliphatic carbocycles. The van der Waals surface area contributed by atoms with Crippen LogP contribution >= 0.6 is 0 Å². The van der Waals surface area contributed by atoms with Gasteiger partial charge in [0.2, 0.25) is 5.91 Å². The van der Waals surface area contributed by atoms with Crippen molar-refractivity contribution in [2.45, 2.75) is 27.2 Å². The molecule has 0 fully saturated rings. The number of H-pyrrole nitrogens is 1. The molecule has 15 heavy (non-hydrogen) atoms. The molecule has 1 rings (SSSR count).